The Balaban J connectivity index is 0.000000188. The van der Waals surface area contributed by atoms with Crippen LogP contribution in [0.15, 0.2) is 133 Å². The van der Waals surface area contributed by atoms with Crippen LogP contribution in [0.4, 0.5) is 0 Å². The zero-order valence-electron chi connectivity index (χ0n) is 20.5. The van der Waals surface area contributed by atoms with Crippen LogP contribution in [0.25, 0.3) is 21.5 Å². The van der Waals surface area contributed by atoms with Gasteiger partial charge in [0.15, 0.2) is 0 Å². The first kappa shape index (κ1) is 29.7. The number of halogens is 2. The average molecular weight is 587 g/mol. The summed E-state index contributed by atoms with van der Waals surface area (Å²) in [5, 5.41) is 5.45. The Hall–Kier alpha value is -2.57. The van der Waals surface area contributed by atoms with Crippen LogP contribution in [0.3, 0.4) is 0 Å². The van der Waals surface area contributed by atoms with Crippen molar-refractivity contribution in [3.05, 3.63) is 156 Å². The summed E-state index contributed by atoms with van der Waals surface area (Å²) in [6.45, 7) is 4.28. The monoisotopic (exact) mass is 584 g/mol. The Kier molecular flexibility index (Phi) is 12.2. The molecular weight excluding hydrogens is 558 g/mol. The third-order valence-electron chi connectivity index (χ3n) is 5.92. The van der Waals surface area contributed by atoms with Gasteiger partial charge >= 0.3 is 99.2 Å². The summed E-state index contributed by atoms with van der Waals surface area (Å²) < 4.78 is 1.42. The van der Waals surface area contributed by atoms with E-state index in [0.717, 1.165) is 0 Å². The van der Waals surface area contributed by atoms with E-state index in [1.807, 2.05) is 0 Å². The molecule has 0 heterocycles. The summed E-state index contributed by atoms with van der Waals surface area (Å²) in [6, 6.07) is 46.6. The Bertz CT molecular complexity index is 1360. The molecule has 0 saturated heterocycles. The molecule has 0 saturated carbocycles. The van der Waals surface area contributed by atoms with E-state index < -0.39 is 0 Å². The van der Waals surface area contributed by atoms with Gasteiger partial charge in [-0.15, -0.1) is 69.1 Å². The molecule has 0 aliphatic carbocycles. The molecule has 0 nitrogen and oxygen atoms in total. The van der Waals surface area contributed by atoms with Crippen LogP contribution in [0.2, 0.25) is 0 Å². The molecule has 0 fully saturated rings. The second-order valence-electron chi connectivity index (χ2n) is 8.31. The normalized spacial score (nSPS) is 9.67. The van der Waals surface area contributed by atoms with Gasteiger partial charge in [-0.1, -0.05) is 26.0 Å². The summed E-state index contributed by atoms with van der Waals surface area (Å²) in [5.74, 6) is 0. The SMILES string of the molecule is C[c-]1ccc2ccccc21.C[c-]1ccc2ccccc21.[Cl-].[Cl-].[Zr+2]=[C](c1ccccc1)c1ccccc1. The van der Waals surface area contributed by atoms with Gasteiger partial charge in [0.05, 0.1) is 0 Å². The van der Waals surface area contributed by atoms with Gasteiger partial charge < -0.3 is 24.8 Å². The van der Waals surface area contributed by atoms with E-state index in [9.17, 15) is 0 Å². The van der Waals surface area contributed by atoms with Crippen LogP contribution in [0, 0.1) is 13.8 Å². The topological polar surface area (TPSA) is 0 Å². The maximum absolute atomic E-state index is 2.16. The maximum atomic E-state index is 2.16. The zero-order valence-corrected chi connectivity index (χ0v) is 24.4. The predicted octanol–water partition coefficient (Wildman–Crippen LogP) is 2.54. The second kappa shape index (κ2) is 14.9. The van der Waals surface area contributed by atoms with Gasteiger partial charge in [-0.05, 0) is 0 Å². The van der Waals surface area contributed by atoms with E-state index in [0.29, 0.717) is 0 Å². The molecule has 6 aromatic rings. The van der Waals surface area contributed by atoms with Crippen molar-refractivity contribution in [3.8, 4) is 0 Å². The zero-order chi connectivity index (χ0) is 23.8. The van der Waals surface area contributed by atoms with Crippen LogP contribution >= 0.6 is 0 Å². The molecule has 0 N–H and O–H groups in total. The molecule has 0 spiro atoms. The van der Waals surface area contributed by atoms with E-state index >= 15 is 0 Å². The Labute approximate surface area is 241 Å². The molecule has 0 bridgehead atoms. The van der Waals surface area contributed by atoms with E-state index in [-0.39, 0.29) is 24.8 Å². The molecule has 0 aliphatic rings. The van der Waals surface area contributed by atoms with E-state index in [4.69, 9.17) is 0 Å². The van der Waals surface area contributed by atoms with Crippen molar-refractivity contribution < 1.29 is 49.0 Å². The molecule has 36 heavy (non-hydrogen) atoms. The van der Waals surface area contributed by atoms with Gasteiger partial charge in [0.25, 0.3) is 0 Å². The number of fused-ring (bicyclic) bond motifs is 2. The molecule has 0 aliphatic heterocycles. The van der Waals surface area contributed by atoms with Crippen LogP contribution in [0.5, 0.6) is 0 Å². The first-order valence-corrected chi connectivity index (χ1v) is 12.8. The minimum atomic E-state index is 0. The molecule has 0 amide bonds. The molecule has 6 rings (SSSR count). The predicted molar refractivity (Wildman–Crippen MR) is 145 cm³/mol. The average Bonchev–Trinajstić information content (AvgIpc) is 3.48. The number of rotatable bonds is 2. The van der Waals surface area contributed by atoms with Gasteiger partial charge in [-0.3, -0.25) is 0 Å². The van der Waals surface area contributed by atoms with Crippen LogP contribution in [-0.2, 0) is 24.2 Å². The second-order valence-corrected chi connectivity index (χ2v) is 9.54. The molecule has 180 valence electrons. The van der Waals surface area contributed by atoms with Crippen LogP contribution in [0.1, 0.15) is 22.3 Å². The molecular formula is C33H28Cl2Zr-2. The Morgan fingerprint density at radius 3 is 1.17 bits per heavy atom. The minimum absolute atomic E-state index is 0. The van der Waals surface area contributed by atoms with Crippen LogP contribution < -0.4 is 24.8 Å². The van der Waals surface area contributed by atoms with Gasteiger partial charge in [0.2, 0.25) is 0 Å². The third kappa shape index (κ3) is 7.71. The fourth-order valence-corrected chi connectivity index (χ4v) is 4.81. The van der Waals surface area contributed by atoms with Crippen molar-refractivity contribution in [1.82, 2.24) is 0 Å². The standard InChI is InChI=1S/C13H10.2C10H9.2ClH.Zr/c1-3-7-12(8-4-1)11-13-9-5-2-6-10-13;2*1-8-6-7-9-4-2-3-5-10(8)9;;;/h1-10H;2*2-7H,1H3;2*1H;/q;2*-1;;;+2/p-2. The number of hydrogen-bond donors (Lipinski definition) is 0. The summed E-state index contributed by atoms with van der Waals surface area (Å²) in [6.07, 6.45) is 0. The van der Waals surface area contributed by atoms with Gasteiger partial charge in [-0.2, -0.15) is 24.3 Å². The van der Waals surface area contributed by atoms with Gasteiger partial charge in [0.1, 0.15) is 0 Å². The molecule has 0 unspecified atom stereocenters. The number of hydrogen-bond acceptors (Lipinski definition) is 0. The first-order valence-electron chi connectivity index (χ1n) is 11.5. The van der Waals surface area contributed by atoms with Crippen LogP contribution in [-0.4, -0.2) is 3.21 Å². The van der Waals surface area contributed by atoms with Crippen molar-refractivity contribution in [2.75, 3.05) is 0 Å². The first-order chi connectivity index (χ1) is 16.6. The van der Waals surface area contributed by atoms with E-state index in [2.05, 4.69) is 147 Å². The van der Waals surface area contributed by atoms with Crippen molar-refractivity contribution >= 4 is 24.8 Å². The molecule has 6 aromatic carbocycles. The van der Waals surface area contributed by atoms with E-state index in [1.165, 1.54) is 71.2 Å². The summed E-state index contributed by atoms with van der Waals surface area (Å²) >= 11 is 1.46. The Morgan fingerprint density at radius 1 is 0.472 bits per heavy atom. The van der Waals surface area contributed by atoms with Crippen molar-refractivity contribution in [3.63, 3.8) is 0 Å². The number of benzene rings is 4. The van der Waals surface area contributed by atoms with Crippen molar-refractivity contribution in [1.29, 1.82) is 0 Å². The molecule has 3 heteroatoms. The quantitative estimate of drug-likeness (QED) is 0.274. The van der Waals surface area contributed by atoms with Crippen molar-refractivity contribution in [2.24, 2.45) is 0 Å². The summed E-state index contributed by atoms with van der Waals surface area (Å²) in [4.78, 5) is 0. The summed E-state index contributed by atoms with van der Waals surface area (Å²) in [7, 11) is 0. The number of aryl methyl sites for hydroxylation is 2. The summed E-state index contributed by atoms with van der Waals surface area (Å²) in [5.41, 5.74) is 5.40. The van der Waals surface area contributed by atoms with E-state index in [1.54, 1.807) is 0 Å². The van der Waals surface area contributed by atoms with Crippen molar-refractivity contribution in [2.45, 2.75) is 13.8 Å². The fourth-order valence-electron chi connectivity index (χ4n) is 3.99. The third-order valence-corrected chi connectivity index (χ3v) is 7.34. The van der Waals surface area contributed by atoms with Gasteiger partial charge in [-0.25, -0.2) is 0 Å². The molecule has 0 aromatic heterocycles. The van der Waals surface area contributed by atoms with Gasteiger partial charge in [0, 0.05) is 0 Å². The molecule has 0 radical (unpaired) electrons. The molecule has 0 atom stereocenters. The Morgan fingerprint density at radius 2 is 0.806 bits per heavy atom. The fraction of sp³-hybridized carbons (Fsp3) is 0.0606.